The van der Waals surface area contributed by atoms with Gasteiger partial charge in [-0.3, -0.25) is 14.9 Å². The van der Waals surface area contributed by atoms with Crippen molar-refractivity contribution in [3.8, 4) is 0 Å². The molecular formula is C17H20N2O5. The molecule has 2 aromatic rings. The molecule has 1 atom stereocenters. The molecule has 0 aliphatic rings. The highest BCUT2D eigenvalue weighted by molar-refractivity contribution is 5.97. The molecule has 0 aliphatic heterocycles. The van der Waals surface area contributed by atoms with E-state index >= 15 is 0 Å². The number of amides is 3. The minimum Gasteiger partial charge on any atom is -0.464 e. The van der Waals surface area contributed by atoms with Crippen LogP contribution in [-0.4, -0.2) is 31.1 Å². The Balaban J connectivity index is 2.04. The fraction of sp³-hybridized carbons (Fsp3) is 0.353. The number of hydrogen-bond acceptors (Lipinski definition) is 5. The number of ether oxygens (including phenoxy) is 1. The molecule has 1 aromatic carbocycles. The summed E-state index contributed by atoms with van der Waals surface area (Å²) in [6, 6.07) is 3.20. The Kier molecular flexibility index (Phi) is 5.23. The van der Waals surface area contributed by atoms with Crippen LogP contribution >= 0.6 is 0 Å². The van der Waals surface area contributed by atoms with Gasteiger partial charge in [0.15, 0.2) is 6.10 Å². The third kappa shape index (κ3) is 3.73. The van der Waals surface area contributed by atoms with Crippen LogP contribution in [0.2, 0.25) is 0 Å². The highest BCUT2D eigenvalue weighted by Gasteiger charge is 2.21. The van der Waals surface area contributed by atoms with E-state index in [1.54, 1.807) is 0 Å². The first-order chi connectivity index (χ1) is 11.3. The van der Waals surface area contributed by atoms with E-state index in [2.05, 4.69) is 10.6 Å². The summed E-state index contributed by atoms with van der Waals surface area (Å²) in [5, 5.41) is 5.14. The monoisotopic (exact) mass is 332 g/mol. The number of urea groups is 1. The van der Waals surface area contributed by atoms with Gasteiger partial charge < -0.3 is 14.5 Å². The zero-order chi connectivity index (χ0) is 17.9. The van der Waals surface area contributed by atoms with Gasteiger partial charge in [-0.1, -0.05) is 12.1 Å². The molecule has 0 bridgehead atoms. The maximum atomic E-state index is 12.0. The SMILES string of the molecule is CNC(=O)NC(=O)[C@H](C)OC(=O)Cc1coc2c(C)c(C)ccc12. The molecule has 3 amide bonds. The Hall–Kier alpha value is -2.83. The molecule has 2 rings (SSSR count). The van der Waals surface area contributed by atoms with Gasteiger partial charge in [0.1, 0.15) is 5.58 Å². The summed E-state index contributed by atoms with van der Waals surface area (Å²) < 4.78 is 10.6. The quantitative estimate of drug-likeness (QED) is 0.834. The van der Waals surface area contributed by atoms with E-state index in [1.165, 1.54) is 20.2 Å². The fourth-order valence-corrected chi connectivity index (χ4v) is 2.25. The molecule has 7 heteroatoms. The molecule has 0 fully saturated rings. The van der Waals surface area contributed by atoms with E-state index < -0.39 is 24.0 Å². The van der Waals surface area contributed by atoms with Crippen molar-refractivity contribution in [2.45, 2.75) is 33.3 Å². The summed E-state index contributed by atoms with van der Waals surface area (Å²) in [4.78, 5) is 34.8. The molecule has 0 aliphatic carbocycles. The lowest BCUT2D eigenvalue weighted by atomic mass is 10.0. The van der Waals surface area contributed by atoms with Crippen molar-refractivity contribution < 1.29 is 23.5 Å². The van der Waals surface area contributed by atoms with Crippen LogP contribution in [0.4, 0.5) is 4.79 Å². The van der Waals surface area contributed by atoms with Gasteiger partial charge in [-0.05, 0) is 31.9 Å². The van der Waals surface area contributed by atoms with Gasteiger partial charge in [0.05, 0.1) is 12.7 Å². The molecule has 1 heterocycles. The lowest BCUT2D eigenvalue weighted by Crippen LogP contribution is -2.43. The number of carbonyl (C=O) groups excluding carboxylic acids is 3. The van der Waals surface area contributed by atoms with E-state index in [0.29, 0.717) is 5.56 Å². The highest BCUT2D eigenvalue weighted by Crippen LogP contribution is 2.26. The van der Waals surface area contributed by atoms with Crippen LogP contribution in [0.1, 0.15) is 23.6 Å². The summed E-state index contributed by atoms with van der Waals surface area (Å²) in [5.41, 5.74) is 3.55. The van der Waals surface area contributed by atoms with Crippen LogP contribution < -0.4 is 10.6 Å². The molecule has 7 nitrogen and oxygen atoms in total. The summed E-state index contributed by atoms with van der Waals surface area (Å²) in [6.45, 7) is 5.34. The number of benzene rings is 1. The average molecular weight is 332 g/mol. The average Bonchev–Trinajstić information content (AvgIpc) is 2.94. The Morgan fingerprint density at radius 3 is 2.62 bits per heavy atom. The fourth-order valence-electron chi connectivity index (χ4n) is 2.25. The Morgan fingerprint density at radius 1 is 1.25 bits per heavy atom. The van der Waals surface area contributed by atoms with Crippen molar-refractivity contribution >= 4 is 28.9 Å². The first-order valence-electron chi connectivity index (χ1n) is 7.51. The minimum absolute atomic E-state index is 0.0207. The maximum absolute atomic E-state index is 12.0. The third-order valence-corrected chi connectivity index (χ3v) is 3.82. The molecule has 0 unspecified atom stereocenters. The second-order valence-corrected chi connectivity index (χ2v) is 5.52. The van der Waals surface area contributed by atoms with Gasteiger partial charge >= 0.3 is 12.0 Å². The molecule has 1 aromatic heterocycles. The zero-order valence-electron chi connectivity index (χ0n) is 14.1. The first-order valence-corrected chi connectivity index (χ1v) is 7.51. The topological polar surface area (TPSA) is 97.6 Å². The first kappa shape index (κ1) is 17.5. The summed E-state index contributed by atoms with van der Waals surface area (Å²) in [6.07, 6.45) is 0.428. The number of hydrogen-bond donors (Lipinski definition) is 2. The van der Waals surface area contributed by atoms with Gasteiger partial charge in [0, 0.05) is 18.0 Å². The van der Waals surface area contributed by atoms with Crippen LogP contribution in [0.3, 0.4) is 0 Å². The number of imide groups is 1. The number of aryl methyl sites for hydroxylation is 2. The number of rotatable bonds is 4. The third-order valence-electron chi connectivity index (χ3n) is 3.82. The molecule has 2 N–H and O–H groups in total. The van der Waals surface area contributed by atoms with Crippen LogP contribution in [-0.2, 0) is 20.7 Å². The van der Waals surface area contributed by atoms with Gasteiger partial charge in [0.2, 0.25) is 0 Å². The summed E-state index contributed by atoms with van der Waals surface area (Å²) >= 11 is 0. The Bertz CT molecular complexity index is 794. The maximum Gasteiger partial charge on any atom is 0.321 e. The van der Waals surface area contributed by atoms with Gasteiger partial charge in [-0.2, -0.15) is 0 Å². The summed E-state index contributed by atoms with van der Waals surface area (Å²) in [7, 11) is 1.38. The standard InChI is InChI=1S/C17H20N2O5/c1-9-5-6-13-12(8-23-15(13)10(9)2)7-14(20)24-11(3)16(21)19-17(22)18-4/h5-6,8,11H,7H2,1-4H3,(H2,18,19,21,22)/t11-/m0/s1. The highest BCUT2D eigenvalue weighted by atomic mass is 16.5. The number of esters is 1. The van der Waals surface area contributed by atoms with Crippen LogP contribution in [0.15, 0.2) is 22.8 Å². The number of fused-ring (bicyclic) bond motifs is 1. The summed E-state index contributed by atoms with van der Waals surface area (Å²) in [5.74, 6) is -1.26. The molecule has 128 valence electrons. The number of carbonyl (C=O) groups is 3. The number of furan rings is 1. The lowest BCUT2D eigenvalue weighted by molar-refractivity contribution is -0.153. The van der Waals surface area contributed by atoms with Crippen LogP contribution in [0, 0.1) is 13.8 Å². The van der Waals surface area contributed by atoms with Crippen molar-refractivity contribution in [2.24, 2.45) is 0 Å². The van der Waals surface area contributed by atoms with Crippen molar-refractivity contribution in [3.05, 3.63) is 35.1 Å². The smallest absolute Gasteiger partial charge is 0.321 e. The number of nitrogens with one attached hydrogen (secondary N) is 2. The van der Waals surface area contributed by atoms with Crippen molar-refractivity contribution in [1.82, 2.24) is 10.6 Å². The van der Waals surface area contributed by atoms with E-state index in [9.17, 15) is 14.4 Å². The predicted molar refractivity (Wildman–Crippen MR) is 87.5 cm³/mol. The van der Waals surface area contributed by atoms with E-state index in [-0.39, 0.29) is 6.42 Å². The van der Waals surface area contributed by atoms with Crippen molar-refractivity contribution in [2.75, 3.05) is 7.05 Å². The molecule has 0 saturated carbocycles. The molecule has 0 saturated heterocycles. The molecular weight excluding hydrogens is 312 g/mol. The lowest BCUT2D eigenvalue weighted by Gasteiger charge is -2.12. The van der Waals surface area contributed by atoms with Crippen LogP contribution in [0.5, 0.6) is 0 Å². The largest absolute Gasteiger partial charge is 0.464 e. The minimum atomic E-state index is -1.07. The van der Waals surface area contributed by atoms with Gasteiger partial charge in [-0.15, -0.1) is 0 Å². The Morgan fingerprint density at radius 2 is 1.96 bits per heavy atom. The van der Waals surface area contributed by atoms with Crippen molar-refractivity contribution in [1.29, 1.82) is 0 Å². The van der Waals surface area contributed by atoms with E-state index in [0.717, 1.165) is 22.1 Å². The zero-order valence-corrected chi connectivity index (χ0v) is 14.1. The second-order valence-electron chi connectivity index (χ2n) is 5.52. The Labute approximate surface area is 139 Å². The van der Waals surface area contributed by atoms with Gasteiger partial charge in [0.25, 0.3) is 5.91 Å². The normalized spacial score (nSPS) is 11.8. The van der Waals surface area contributed by atoms with E-state index in [4.69, 9.17) is 9.15 Å². The van der Waals surface area contributed by atoms with Gasteiger partial charge in [-0.25, -0.2) is 4.79 Å². The van der Waals surface area contributed by atoms with E-state index in [1.807, 2.05) is 26.0 Å². The molecule has 0 spiro atoms. The van der Waals surface area contributed by atoms with Crippen molar-refractivity contribution in [3.63, 3.8) is 0 Å². The second kappa shape index (κ2) is 7.16. The predicted octanol–water partition coefficient (Wildman–Crippen LogP) is 1.98. The van der Waals surface area contributed by atoms with Crippen LogP contribution in [0.25, 0.3) is 11.0 Å². The molecule has 24 heavy (non-hydrogen) atoms. The molecule has 0 radical (unpaired) electrons.